The van der Waals surface area contributed by atoms with E-state index in [-0.39, 0.29) is 0 Å². The first-order valence-corrected chi connectivity index (χ1v) is 8.57. The van der Waals surface area contributed by atoms with Gasteiger partial charge >= 0.3 is 0 Å². The smallest absolute Gasteiger partial charge is 0.0200 e. The molecule has 4 unspecified atom stereocenters. The zero-order chi connectivity index (χ0) is 15.1. The molecule has 0 spiro atoms. The monoisotopic (exact) mass is 280 g/mol. The van der Waals surface area contributed by atoms with Gasteiger partial charge in [0.1, 0.15) is 0 Å². The summed E-state index contributed by atoms with van der Waals surface area (Å²) in [6, 6.07) is 1.36. The number of hydrogen-bond donors (Lipinski definition) is 1. The van der Waals surface area contributed by atoms with Gasteiger partial charge in [-0.1, -0.05) is 34.6 Å². The van der Waals surface area contributed by atoms with Crippen molar-refractivity contribution in [3.8, 4) is 0 Å². The van der Waals surface area contributed by atoms with Gasteiger partial charge in [0.15, 0.2) is 0 Å². The summed E-state index contributed by atoms with van der Waals surface area (Å²) in [7, 11) is 4.39. The van der Waals surface area contributed by atoms with E-state index in [1.807, 2.05) is 0 Å². The molecule has 2 nitrogen and oxygen atoms in total. The van der Waals surface area contributed by atoms with Crippen molar-refractivity contribution >= 4 is 0 Å². The Kier molecular flexibility index (Phi) is 4.57. The fourth-order valence-electron chi connectivity index (χ4n) is 4.95. The molecule has 0 radical (unpaired) electrons. The standard InChI is InChI=1S/C18H36N2/c1-13(2)10-15(12-20(6)7)19-16-11-14-8-9-18(16,5)17(14,3)4/h13-16,19H,8-12H2,1-7H3. The van der Waals surface area contributed by atoms with Gasteiger partial charge in [0, 0.05) is 18.6 Å². The minimum absolute atomic E-state index is 0.499. The number of rotatable bonds is 6. The van der Waals surface area contributed by atoms with Crippen molar-refractivity contribution in [1.82, 2.24) is 10.2 Å². The SMILES string of the molecule is CC(C)CC(CN(C)C)NC1CC2CCC1(C)C2(C)C. The molecule has 4 atom stereocenters. The largest absolute Gasteiger partial charge is 0.309 e. The Morgan fingerprint density at radius 2 is 1.85 bits per heavy atom. The molecule has 2 saturated carbocycles. The Bertz CT molecular complexity index is 324. The third kappa shape index (κ3) is 2.78. The maximum absolute atomic E-state index is 4.06. The van der Waals surface area contributed by atoms with Gasteiger partial charge in [-0.25, -0.2) is 0 Å². The molecule has 2 rings (SSSR count). The van der Waals surface area contributed by atoms with Crippen molar-refractivity contribution in [3.63, 3.8) is 0 Å². The molecule has 2 aliphatic rings. The predicted molar refractivity (Wildman–Crippen MR) is 87.9 cm³/mol. The van der Waals surface area contributed by atoms with Crippen molar-refractivity contribution < 1.29 is 0 Å². The Balaban J connectivity index is 2.04. The zero-order valence-electron chi connectivity index (χ0n) is 14.8. The van der Waals surface area contributed by atoms with Gasteiger partial charge in [-0.05, 0) is 62.4 Å². The first-order chi connectivity index (χ1) is 9.16. The summed E-state index contributed by atoms with van der Waals surface area (Å²) in [5.41, 5.74) is 1.02. The van der Waals surface area contributed by atoms with Crippen LogP contribution in [-0.2, 0) is 0 Å². The van der Waals surface area contributed by atoms with Crippen LogP contribution in [-0.4, -0.2) is 37.6 Å². The van der Waals surface area contributed by atoms with Crippen LogP contribution in [0.25, 0.3) is 0 Å². The van der Waals surface area contributed by atoms with E-state index < -0.39 is 0 Å². The molecule has 2 aliphatic carbocycles. The zero-order valence-corrected chi connectivity index (χ0v) is 14.8. The van der Waals surface area contributed by atoms with Crippen molar-refractivity contribution in [2.24, 2.45) is 22.7 Å². The first kappa shape index (κ1) is 16.3. The Morgan fingerprint density at radius 3 is 2.25 bits per heavy atom. The summed E-state index contributed by atoms with van der Waals surface area (Å²) in [6.07, 6.45) is 5.55. The molecule has 0 aromatic heterocycles. The first-order valence-electron chi connectivity index (χ1n) is 8.57. The topological polar surface area (TPSA) is 15.3 Å². The van der Waals surface area contributed by atoms with Crippen LogP contribution in [0, 0.1) is 22.7 Å². The maximum atomic E-state index is 4.06. The molecule has 0 heterocycles. The third-order valence-corrected chi connectivity index (χ3v) is 6.57. The quantitative estimate of drug-likeness (QED) is 0.797. The Morgan fingerprint density at radius 1 is 1.20 bits per heavy atom. The van der Waals surface area contributed by atoms with Crippen LogP contribution in [0.1, 0.15) is 60.3 Å². The average Bonchev–Trinajstić information content (AvgIpc) is 2.60. The second-order valence-corrected chi connectivity index (χ2v) is 8.92. The molecule has 0 amide bonds. The molecule has 0 saturated heterocycles. The molecule has 20 heavy (non-hydrogen) atoms. The summed E-state index contributed by atoms with van der Waals surface area (Å²) in [4.78, 5) is 2.33. The average molecular weight is 280 g/mol. The van der Waals surface area contributed by atoms with Crippen LogP contribution in [0.15, 0.2) is 0 Å². The van der Waals surface area contributed by atoms with Gasteiger partial charge in [-0.3, -0.25) is 0 Å². The van der Waals surface area contributed by atoms with E-state index in [9.17, 15) is 0 Å². The van der Waals surface area contributed by atoms with Crippen LogP contribution in [0.2, 0.25) is 0 Å². The van der Waals surface area contributed by atoms with Crippen molar-refractivity contribution in [3.05, 3.63) is 0 Å². The van der Waals surface area contributed by atoms with E-state index >= 15 is 0 Å². The van der Waals surface area contributed by atoms with Crippen molar-refractivity contribution in [2.45, 2.75) is 72.4 Å². The second-order valence-electron chi connectivity index (χ2n) is 8.92. The Hall–Kier alpha value is -0.0800. The lowest BCUT2D eigenvalue weighted by molar-refractivity contribution is 0.110. The highest BCUT2D eigenvalue weighted by Gasteiger charge is 2.61. The van der Waals surface area contributed by atoms with Gasteiger partial charge in [0.2, 0.25) is 0 Å². The van der Waals surface area contributed by atoms with Gasteiger partial charge < -0.3 is 10.2 Å². The van der Waals surface area contributed by atoms with E-state index in [0.717, 1.165) is 24.4 Å². The second kappa shape index (κ2) is 5.61. The van der Waals surface area contributed by atoms with Gasteiger partial charge in [0.05, 0.1) is 0 Å². The molecular formula is C18H36N2. The van der Waals surface area contributed by atoms with E-state index in [4.69, 9.17) is 0 Å². The molecule has 0 aromatic rings. The third-order valence-electron chi connectivity index (χ3n) is 6.57. The molecule has 0 aliphatic heterocycles. The van der Waals surface area contributed by atoms with Crippen LogP contribution in [0.3, 0.4) is 0 Å². The van der Waals surface area contributed by atoms with E-state index in [2.05, 4.69) is 58.9 Å². The lowest BCUT2D eigenvalue weighted by Crippen LogP contribution is -2.51. The number of nitrogens with zero attached hydrogens (tertiary/aromatic N) is 1. The summed E-state index contributed by atoms with van der Waals surface area (Å²) >= 11 is 0. The van der Waals surface area contributed by atoms with E-state index in [1.54, 1.807) is 0 Å². The number of likely N-dealkylation sites (N-methyl/N-ethyl adjacent to an activating group) is 1. The maximum Gasteiger partial charge on any atom is 0.0200 e. The van der Waals surface area contributed by atoms with Gasteiger partial charge in [-0.2, -0.15) is 0 Å². The molecule has 2 fully saturated rings. The molecule has 0 aromatic carbocycles. The minimum Gasteiger partial charge on any atom is -0.309 e. The highest BCUT2D eigenvalue weighted by Crippen LogP contribution is 2.65. The van der Waals surface area contributed by atoms with Crippen LogP contribution < -0.4 is 5.32 Å². The summed E-state index contributed by atoms with van der Waals surface area (Å²) in [5.74, 6) is 1.70. The molecule has 118 valence electrons. The highest BCUT2D eigenvalue weighted by atomic mass is 15.1. The summed E-state index contributed by atoms with van der Waals surface area (Å²) < 4.78 is 0. The molecule has 2 bridgehead atoms. The minimum atomic E-state index is 0.499. The van der Waals surface area contributed by atoms with Crippen molar-refractivity contribution in [2.75, 3.05) is 20.6 Å². The Labute approximate surface area is 126 Å². The number of hydrogen-bond acceptors (Lipinski definition) is 2. The molecular weight excluding hydrogens is 244 g/mol. The van der Waals surface area contributed by atoms with Crippen LogP contribution in [0.4, 0.5) is 0 Å². The predicted octanol–water partition coefficient (Wildman–Crippen LogP) is 3.77. The van der Waals surface area contributed by atoms with Gasteiger partial charge in [0.25, 0.3) is 0 Å². The lowest BCUT2D eigenvalue weighted by Gasteiger charge is -2.41. The van der Waals surface area contributed by atoms with E-state index in [0.29, 0.717) is 16.9 Å². The van der Waals surface area contributed by atoms with Gasteiger partial charge in [-0.15, -0.1) is 0 Å². The summed E-state index contributed by atoms with van der Waals surface area (Å²) in [5, 5.41) is 4.06. The lowest BCUT2D eigenvalue weighted by atomic mass is 9.69. The normalized spacial score (nSPS) is 37.0. The summed E-state index contributed by atoms with van der Waals surface area (Å²) in [6.45, 7) is 13.4. The molecule has 1 N–H and O–H groups in total. The molecule has 2 heteroatoms. The number of fused-ring (bicyclic) bond motifs is 2. The fraction of sp³-hybridized carbons (Fsp3) is 1.00. The van der Waals surface area contributed by atoms with Crippen LogP contribution >= 0.6 is 0 Å². The number of nitrogens with one attached hydrogen (secondary N) is 1. The van der Waals surface area contributed by atoms with Crippen LogP contribution in [0.5, 0.6) is 0 Å². The van der Waals surface area contributed by atoms with E-state index in [1.165, 1.54) is 25.7 Å². The highest BCUT2D eigenvalue weighted by molar-refractivity contribution is 5.13. The van der Waals surface area contributed by atoms with Crippen molar-refractivity contribution in [1.29, 1.82) is 0 Å². The fourth-order valence-corrected chi connectivity index (χ4v) is 4.95.